The highest BCUT2D eigenvalue weighted by Gasteiger charge is 2.21. The molecule has 8 nitrogen and oxygen atoms in total. The quantitative estimate of drug-likeness (QED) is 0.565. The van der Waals surface area contributed by atoms with E-state index in [1.54, 1.807) is 7.11 Å². The normalized spacial score (nSPS) is 19.6. The molecule has 0 saturated carbocycles. The summed E-state index contributed by atoms with van der Waals surface area (Å²) in [4.78, 5) is 16.4. The number of pyridine rings is 1. The second-order valence-electron chi connectivity index (χ2n) is 9.07. The second kappa shape index (κ2) is 9.79. The minimum absolute atomic E-state index is 0.605. The fourth-order valence-corrected chi connectivity index (χ4v) is 4.69. The Balaban J connectivity index is 1.15. The molecule has 2 fully saturated rings. The van der Waals surface area contributed by atoms with E-state index in [1.165, 1.54) is 18.5 Å². The maximum Gasteiger partial charge on any atom is 0.241 e. The second-order valence-corrected chi connectivity index (χ2v) is 9.07. The SMILES string of the molecule is COc1ccc(N2CCN(Cc3nc(-c4ccc(N5CCCC(C)C5)nc4)no3)CC2)cc1. The number of piperazine rings is 1. The Morgan fingerprint density at radius 1 is 1.00 bits per heavy atom. The molecule has 5 rings (SSSR count). The van der Waals surface area contributed by atoms with Crippen LogP contribution in [0.2, 0.25) is 0 Å². The molecule has 4 heterocycles. The van der Waals surface area contributed by atoms with Crippen LogP contribution in [-0.4, -0.2) is 66.4 Å². The van der Waals surface area contributed by atoms with Crippen LogP contribution in [0.25, 0.3) is 11.4 Å². The summed E-state index contributed by atoms with van der Waals surface area (Å²) >= 11 is 0. The van der Waals surface area contributed by atoms with Crippen LogP contribution in [0, 0.1) is 5.92 Å². The van der Waals surface area contributed by atoms with Gasteiger partial charge in [0.25, 0.3) is 0 Å². The van der Waals surface area contributed by atoms with Crippen LogP contribution in [0.4, 0.5) is 11.5 Å². The van der Waals surface area contributed by atoms with Gasteiger partial charge in [0.1, 0.15) is 11.6 Å². The molecular formula is C25H32N6O2. The minimum Gasteiger partial charge on any atom is -0.497 e. The van der Waals surface area contributed by atoms with E-state index in [2.05, 4.69) is 54.9 Å². The number of hydrogen-bond donors (Lipinski definition) is 0. The van der Waals surface area contributed by atoms with E-state index in [4.69, 9.17) is 9.26 Å². The summed E-state index contributed by atoms with van der Waals surface area (Å²) in [5.41, 5.74) is 2.12. The van der Waals surface area contributed by atoms with Gasteiger partial charge < -0.3 is 19.1 Å². The van der Waals surface area contributed by atoms with Gasteiger partial charge in [0.2, 0.25) is 11.7 Å². The molecule has 2 aliphatic heterocycles. The van der Waals surface area contributed by atoms with Gasteiger partial charge in [0.05, 0.1) is 13.7 Å². The molecule has 1 unspecified atom stereocenters. The zero-order valence-electron chi connectivity index (χ0n) is 19.5. The molecule has 8 heteroatoms. The van der Waals surface area contributed by atoms with Gasteiger partial charge in [-0.3, -0.25) is 4.90 Å². The van der Waals surface area contributed by atoms with Gasteiger partial charge >= 0.3 is 0 Å². The molecule has 0 spiro atoms. The molecule has 0 aliphatic carbocycles. The monoisotopic (exact) mass is 448 g/mol. The van der Waals surface area contributed by atoms with Gasteiger partial charge in [-0.2, -0.15) is 4.98 Å². The lowest BCUT2D eigenvalue weighted by atomic mass is 10.0. The highest BCUT2D eigenvalue weighted by Crippen LogP contribution is 2.24. The van der Waals surface area contributed by atoms with Gasteiger partial charge in [-0.1, -0.05) is 12.1 Å². The van der Waals surface area contributed by atoms with Crippen molar-refractivity contribution in [2.45, 2.75) is 26.3 Å². The lowest BCUT2D eigenvalue weighted by molar-refractivity contribution is 0.215. The van der Waals surface area contributed by atoms with E-state index in [-0.39, 0.29) is 0 Å². The van der Waals surface area contributed by atoms with Crippen molar-refractivity contribution in [1.29, 1.82) is 0 Å². The third-order valence-electron chi connectivity index (χ3n) is 6.62. The number of hydrogen-bond acceptors (Lipinski definition) is 8. The van der Waals surface area contributed by atoms with E-state index in [0.717, 1.165) is 62.3 Å². The number of benzene rings is 1. The first-order valence-corrected chi connectivity index (χ1v) is 11.8. The predicted molar refractivity (Wildman–Crippen MR) is 129 cm³/mol. The Bertz CT molecular complexity index is 1030. The molecule has 33 heavy (non-hydrogen) atoms. The van der Waals surface area contributed by atoms with E-state index >= 15 is 0 Å². The fraction of sp³-hybridized carbons (Fsp3) is 0.480. The van der Waals surface area contributed by atoms with Crippen LogP contribution in [0.5, 0.6) is 5.75 Å². The van der Waals surface area contributed by atoms with E-state index in [9.17, 15) is 0 Å². The summed E-state index contributed by atoms with van der Waals surface area (Å²) in [7, 11) is 1.69. The Hall–Kier alpha value is -3.13. The largest absolute Gasteiger partial charge is 0.497 e. The highest BCUT2D eigenvalue weighted by molar-refractivity contribution is 5.56. The Morgan fingerprint density at radius 2 is 1.82 bits per heavy atom. The first kappa shape index (κ1) is 21.7. The lowest BCUT2D eigenvalue weighted by Crippen LogP contribution is -2.46. The van der Waals surface area contributed by atoms with Crippen molar-refractivity contribution in [3.05, 3.63) is 48.5 Å². The predicted octanol–water partition coefficient (Wildman–Crippen LogP) is 3.70. The number of anilines is 2. The van der Waals surface area contributed by atoms with Gasteiger partial charge in [-0.25, -0.2) is 4.98 Å². The number of nitrogens with zero attached hydrogens (tertiary/aromatic N) is 6. The highest BCUT2D eigenvalue weighted by atomic mass is 16.5. The van der Waals surface area contributed by atoms with Crippen LogP contribution in [0.15, 0.2) is 47.1 Å². The van der Waals surface area contributed by atoms with Crippen molar-refractivity contribution in [2.24, 2.45) is 5.92 Å². The molecule has 0 radical (unpaired) electrons. The first-order chi connectivity index (χ1) is 16.2. The molecule has 3 aromatic rings. The van der Waals surface area contributed by atoms with Crippen LogP contribution in [0.3, 0.4) is 0 Å². The fourth-order valence-electron chi connectivity index (χ4n) is 4.69. The van der Waals surface area contributed by atoms with Crippen LogP contribution in [-0.2, 0) is 6.54 Å². The summed E-state index contributed by atoms with van der Waals surface area (Å²) in [6.07, 6.45) is 4.39. The average molecular weight is 449 g/mol. The number of ether oxygens (including phenoxy) is 1. The summed E-state index contributed by atoms with van der Waals surface area (Å²) < 4.78 is 10.8. The molecule has 0 N–H and O–H groups in total. The van der Waals surface area contributed by atoms with Crippen molar-refractivity contribution in [3.8, 4) is 17.1 Å². The first-order valence-electron chi connectivity index (χ1n) is 11.8. The molecule has 1 aromatic carbocycles. The molecular weight excluding hydrogens is 416 g/mol. The number of methoxy groups -OCH3 is 1. The molecule has 2 aliphatic rings. The Morgan fingerprint density at radius 3 is 2.52 bits per heavy atom. The molecule has 1 atom stereocenters. The lowest BCUT2D eigenvalue weighted by Gasteiger charge is -2.35. The molecule has 174 valence electrons. The molecule has 0 bridgehead atoms. The van der Waals surface area contributed by atoms with Crippen molar-refractivity contribution in [1.82, 2.24) is 20.0 Å². The molecule has 2 aromatic heterocycles. The summed E-state index contributed by atoms with van der Waals surface area (Å²) in [6.45, 7) is 8.96. The van der Waals surface area contributed by atoms with Gasteiger partial charge in [-0.05, 0) is 55.2 Å². The zero-order valence-corrected chi connectivity index (χ0v) is 19.5. The van der Waals surface area contributed by atoms with Gasteiger partial charge in [-0.15, -0.1) is 0 Å². The number of rotatable bonds is 6. The van der Waals surface area contributed by atoms with Crippen LogP contribution in [0.1, 0.15) is 25.7 Å². The van der Waals surface area contributed by atoms with Crippen molar-refractivity contribution in [3.63, 3.8) is 0 Å². The van der Waals surface area contributed by atoms with Crippen LogP contribution >= 0.6 is 0 Å². The van der Waals surface area contributed by atoms with Crippen molar-refractivity contribution < 1.29 is 9.26 Å². The van der Waals surface area contributed by atoms with Gasteiger partial charge in [0.15, 0.2) is 0 Å². The third kappa shape index (κ3) is 5.11. The van der Waals surface area contributed by atoms with E-state index < -0.39 is 0 Å². The maximum absolute atomic E-state index is 5.55. The Kier molecular flexibility index (Phi) is 6.44. The summed E-state index contributed by atoms with van der Waals surface area (Å²) in [5, 5.41) is 4.20. The number of aromatic nitrogens is 3. The van der Waals surface area contributed by atoms with Crippen molar-refractivity contribution >= 4 is 11.5 Å². The summed E-state index contributed by atoms with van der Waals surface area (Å²) in [6, 6.07) is 12.4. The van der Waals surface area contributed by atoms with E-state index in [0.29, 0.717) is 18.3 Å². The van der Waals surface area contributed by atoms with E-state index in [1.807, 2.05) is 24.4 Å². The standard InChI is InChI=1S/C25H32N6O2/c1-19-4-3-11-31(17-19)23-10-5-20(16-26-23)25-27-24(33-28-25)18-29-12-14-30(15-13-29)21-6-8-22(32-2)9-7-21/h5-10,16,19H,3-4,11-15,17-18H2,1-2H3. The maximum atomic E-state index is 5.55. The zero-order chi connectivity index (χ0) is 22.6. The van der Waals surface area contributed by atoms with Crippen molar-refractivity contribution in [2.75, 3.05) is 56.2 Å². The molecule has 0 amide bonds. The summed E-state index contributed by atoms with van der Waals surface area (Å²) in [5.74, 6) is 3.89. The van der Waals surface area contributed by atoms with Crippen LogP contribution < -0.4 is 14.5 Å². The Labute approximate surface area is 195 Å². The smallest absolute Gasteiger partial charge is 0.241 e. The topological polar surface area (TPSA) is 70.8 Å². The number of piperidine rings is 1. The average Bonchev–Trinajstić information content (AvgIpc) is 3.33. The third-order valence-corrected chi connectivity index (χ3v) is 6.62. The molecule has 2 saturated heterocycles. The minimum atomic E-state index is 0.605. The van der Waals surface area contributed by atoms with Gasteiger partial charge in [0, 0.05) is 56.7 Å².